The zero-order chi connectivity index (χ0) is 15.5. The van der Waals surface area contributed by atoms with E-state index in [9.17, 15) is 4.79 Å². The number of halogens is 2. The van der Waals surface area contributed by atoms with Crippen LogP contribution in [0.1, 0.15) is 29.2 Å². The number of nitrogens with one attached hydrogen (secondary N) is 1. The maximum Gasteiger partial charge on any atom is 0.257 e. The Labute approximate surface area is 138 Å². The van der Waals surface area contributed by atoms with Crippen LogP contribution in [0.4, 0.5) is 5.69 Å². The lowest BCUT2D eigenvalue weighted by Crippen LogP contribution is -2.19. The van der Waals surface area contributed by atoms with Crippen LogP contribution in [-0.2, 0) is 4.74 Å². The van der Waals surface area contributed by atoms with Gasteiger partial charge < -0.3 is 10.1 Å². The standard InChI is InChI=1S/C15H15Cl2N3O2/c16-10-1-2-14(17)13(7-10)15(21)19-11-8-18-20(9-11)12-3-5-22-6-4-12/h1-2,7-9,12H,3-6H2,(H,19,21). The molecule has 0 saturated carbocycles. The molecular weight excluding hydrogens is 325 g/mol. The van der Waals surface area contributed by atoms with Crippen molar-refractivity contribution in [1.82, 2.24) is 9.78 Å². The molecule has 1 aliphatic heterocycles. The van der Waals surface area contributed by atoms with E-state index in [0.717, 1.165) is 26.1 Å². The molecule has 1 saturated heterocycles. The van der Waals surface area contributed by atoms with E-state index in [2.05, 4.69) is 10.4 Å². The van der Waals surface area contributed by atoms with E-state index in [-0.39, 0.29) is 5.91 Å². The van der Waals surface area contributed by atoms with Gasteiger partial charge in [-0.15, -0.1) is 0 Å². The quantitative estimate of drug-likeness (QED) is 0.925. The van der Waals surface area contributed by atoms with Crippen molar-refractivity contribution in [2.24, 2.45) is 0 Å². The van der Waals surface area contributed by atoms with Gasteiger partial charge >= 0.3 is 0 Å². The van der Waals surface area contributed by atoms with Crippen molar-refractivity contribution in [3.8, 4) is 0 Å². The van der Waals surface area contributed by atoms with Gasteiger partial charge in [-0.2, -0.15) is 5.10 Å². The summed E-state index contributed by atoms with van der Waals surface area (Å²) in [5.74, 6) is -0.306. The molecule has 22 heavy (non-hydrogen) atoms. The first-order chi connectivity index (χ1) is 10.6. The normalized spacial score (nSPS) is 15.7. The molecule has 116 valence electrons. The Morgan fingerprint density at radius 3 is 2.86 bits per heavy atom. The summed E-state index contributed by atoms with van der Waals surface area (Å²) in [4.78, 5) is 12.3. The van der Waals surface area contributed by atoms with Crippen LogP contribution in [0, 0.1) is 0 Å². The first kappa shape index (κ1) is 15.3. The fraction of sp³-hybridized carbons (Fsp3) is 0.333. The molecule has 1 aromatic heterocycles. The molecule has 1 aliphatic rings. The topological polar surface area (TPSA) is 56.2 Å². The number of hydrogen-bond acceptors (Lipinski definition) is 3. The third-order valence-electron chi connectivity index (χ3n) is 3.60. The minimum Gasteiger partial charge on any atom is -0.381 e. The molecule has 2 aromatic rings. The molecule has 0 atom stereocenters. The van der Waals surface area contributed by atoms with Crippen LogP contribution >= 0.6 is 23.2 Å². The summed E-state index contributed by atoms with van der Waals surface area (Å²) in [6.45, 7) is 1.48. The van der Waals surface area contributed by atoms with Crippen LogP contribution in [0.3, 0.4) is 0 Å². The van der Waals surface area contributed by atoms with Crippen molar-refractivity contribution < 1.29 is 9.53 Å². The van der Waals surface area contributed by atoms with Crippen molar-refractivity contribution in [1.29, 1.82) is 0 Å². The predicted octanol–water partition coefficient (Wildman–Crippen LogP) is 3.79. The zero-order valence-electron chi connectivity index (χ0n) is 11.8. The minimum absolute atomic E-state index is 0.306. The summed E-state index contributed by atoms with van der Waals surface area (Å²) < 4.78 is 7.21. The summed E-state index contributed by atoms with van der Waals surface area (Å²) in [6.07, 6.45) is 5.31. The van der Waals surface area contributed by atoms with Crippen molar-refractivity contribution in [2.45, 2.75) is 18.9 Å². The van der Waals surface area contributed by atoms with E-state index < -0.39 is 0 Å². The first-order valence-corrected chi connectivity index (χ1v) is 7.77. The Morgan fingerprint density at radius 1 is 1.32 bits per heavy atom. The van der Waals surface area contributed by atoms with Gasteiger partial charge in [0.05, 0.1) is 28.5 Å². The molecule has 3 rings (SSSR count). The minimum atomic E-state index is -0.306. The lowest BCUT2D eigenvalue weighted by atomic mass is 10.1. The zero-order valence-corrected chi connectivity index (χ0v) is 13.3. The highest BCUT2D eigenvalue weighted by atomic mass is 35.5. The van der Waals surface area contributed by atoms with Crippen molar-refractivity contribution >= 4 is 34.8 Å². The van der Waals surface area contributed by atoms with Crippen molar-refractivity contribution in [2.75, 3.05) is 18.5 Å². The number of anilines is 1. The van der Waals surface area contributed by atoms with Crippen LogP contribution < -0.4 is 5.32 Å². The van der Waals surface area contributed by atoms with Gasteiger partial charge in [0.1, 0.15) is 0 Å². The molecule has 0 bridgehead atoms. The Morgan fingerprint density at radius 2 is 2.09 bits per heavy atom. The molecule has 1 N–H and O–H groups in total. The smallest absolute Gasteiger partial charge is 0.257 e. The van der Waals surface area contributed by atoms with Crippen LogP contribution in [0.15, 0.2) is 30.6 Å². The van der Waals surface area contributed by atoms with Gasteiger partial charge in [-0.3, -0.25) is 9.48 Å². The maximum absolute atomic E-state index is 12.3. The Kier molecular flexibility index (Phi) is 4.66. The molecule has 0 aliphatic carbocycles. The van der Waals surface area contributed by atoms with Crippen molar-refractivity contribution in [3.05, 3.63) is 46.2 Å². The Balaban J connectivity index is 1.71. The second-order valence-corrected chi connectivity index (χ2v) is 5.97. The van der Waals surface area contributed by atoms with E-state index in [1.165, 1.54) is 0 Å². The highest BCUT2D eigenvalue weighted by molar-refractivity contribution is 6.36. The average molecular weight is 340 g/mol. The van der Waals surface area contributed by atoms with Gasteiger partial charge in [0.2, 0.25) is 0 Å². The fourth-order valence-electron chi connectivity index (χ4n) is 2.42. The molecular formula is C15H15Cl2N3O2. The van der Waals surface area contributed by atoms with Crippen molar-refractivity contribution in [3.63, 3.8) is 0 Å². The van der Waals surface area contributed by atoms with Gasteiger partial charge in [-0.1, -0.05) is 23.2 Å². The molecule has 0 unspecified atom stereocenters. The lowest BCUT2D eigenvalue weighted by Gasteiger charge is -2.22. The summed E-state index contributed by atoms with van der Waals surface area (Å²) in [5, 5.41) is 7.93. The van der Waals surface area contributed by atoms with Crippen LogP contribution in [0.2, 0.25) is 10.0 Å². The molecule has 1 fully saturated rings. The SMILES string of the molecule is O=C(Nc1cnn(C2CCOCC2)c1)c1cc(Cl)ccc1Cl. The van der Waals surface area contributed by atoms with E-state index >= 15 is 0 Å². The van der Waals surface area contributed by atoms with Gasteiger partial charge in [0.25, 0.3) is 5.91 Å². The number of aromatic nitrogens is 2. The second kappa shape index (κ2) is 6.69. The number of carbonyl (C=O) groups is 1. The molecule has 5 nitrogen and oxygen atoms in total. The summed E-state index contributed by atoms with van der Waals surface area (Å²) in [6, 6.07) is 5.10. The van der Waals surface area contributed by atoms with Crippen LogP contribution in [-0.4, -0.2) is 28.9 Å². The predicted molar refractivity (Wildman–Crippen MR) is 85.7 cm³/mol. The molecule has 1 amide bonds. The van der Waals surface area contributed by atoms with E-state index in [1.807, 2.05) is 10.9 Å². The molecule has 7 heteroatoms. The highest BCUT2D eigenvalue weighted by Gasteiger charge is 2.17. The molecule has 1 aromatic carbocycles. The summed E-state index contributed by atoms with van der Waals surface area (Å²) in [7, 11) is 0. The number of hydrogen-bond donors (Lipinski definition) is 1. The number of ether oxygens (including phenoxy) is 1. The Bertz CT molecular complexity index is 681. The third kappa shape index (κ3) is 3.43. The van der Waals surface area contributed by atoms with Gasteiger partial charge in [0.15, 0.2) is 0 Å². The molecule has 2 heterocycles. The second-order valence-electron chi connectivity index (χ2n) is 5.13. The van der Waals surface area contributed by atoms with Gasteiger partial charge in [0, 0.05) is 24.4 Å². The monoisotopic (exact) mass is 339 g/mol. The molecule has 0 radical (unpaired) electrons. The summed E-state index contributed by atoms with van der Waals surface area (Å²) >= 11 is 11.9. The fourth-order valence-corrected chi connectivity index (χ4v) is 2.80. The largest absolute Gasteiger partial charge is 0.381 e. The number of amides is 1. The number of benzene rings is 1. The number of nitrogens with zero attached hydrogens (tertiary/aromatic N) is 2. The summed E-state index contributed by atoms with van der Waals surface area (Å²) in [5.41, 5.74) is 0.973. The van der Waals surface area contributed by atoms with Crippen LogP contribution in [0.25, 0.3) is 0 Å². The first-order valence-electron chi connectivity index (χ1n) is 7.02. The molecule has 0 spiro atoms. The third-order valence-corrected chi connectivity index (χ3v) is 4.16. The van der Waals surface area contributed by atoms with Gasteiger partial charge in [-0.25, -0.2) is 0 Å². The Hall–Kier alpha value is -1.56. The van der Waals surface area contributed by atoms with Gasteiger partial charge in [-0.05, 0) is 31.0 Å². The van der Waals surface area contributed by atoms with E-state index in [0.29, 0.717) is 27.3 Å². The lowest BCUT2D eigenvalue weighted by molar-refractivity contribution is 0.0662. The van der Waals surface area contributed by atoms with E-state index in [1.54, 1.807) is 24.4 Å². The van der Waals surface area contributed by atoms with E-state index in [4.69, 9.17) is 27.9 Å². The highest BCUT2D eigenvalue weighted by Crippen LogP contribution is 2.24. The average Bonchev–Trinajstić information content (AvgIpc) is 2.99. The number of carbonyl (C=O) groups excluding carboxylic acids is 1. The maximum atomic E-state index is 12.3. The van der Waals surface area contributed by atoms with Crippen LogP contribution in [0.5, 0.6) is 0 Å². The number of rotatable bonds is 3.